The third kappa shape index (κ3) is 2.72. The first-order chi connectivity index (χ1) is 8.38. The summed E-state index contributed by atoms with van der Waals surface area (Å²) in [6.45, 7) is 3.73. The lowest BCUT2D eigenvalue weighted by molar-refractivity contribution is -0.140. The Labute approximate surface area is 107 Å². The Morgan fingerprint density at radius 3 is 2.39 bits per heavy atom. The molecule has 1 aromatic rings. The van der Waals surface area contributed by atoms with Gasteiger partial charge in [0, 0.05) is 5.92 Å². The molecule has 0 N–H and O–H groups in total. The van der Waals surface area contributed by atoms with Crippen LogP contribution in [0.2, 0.25) is 0 Å². The normalized spacial score (nSPS) is 24.0. The van der Waals surface area contributed by atoms with Crippen molar-refractivity contribution in [3.8, 4) is 0 Å². The molecule has 98 valence electrons. The summed E-state index contributed by atoms with van der Waals surface area (Å²) in [6, 6.07) is 6.70. The van der Waals surface area contributed by atoms with E-state index in [4.69, 9.17) is 4.74 Å². The molecule has 0 radical (unpaired) electrons. The summed E-state index contributed by atoms with van der Waals surface area (Å²) < 4.78 is 29.4. The van der Waals surface area contributed by atoms with Crippen LogP contribution in [0.25, 0.3) is 0 Å². The highest BCUT2D eigenvalue weighted by Gasteiger charge is 2.35. The largest absolute Gasteiger partial charge is 0.461 e. The molecule has 0 amide bonds. The number of sulfone groups is 1. The number of ether oxygens (including phenoxy) is 1. The standard InChI is InChI=1S/C13H16O4S/c1-9-3-5-11(6-4-9)18(15,16)8-12-10(2)7-13(14)17-12/h3-6,10,12H,7-8H2,1-2H3/t10-,12+/m0/s1. The first-order valence-electron chi connectivity index (χ1n) is 5.87. The van der Waals surface area contributed by atoms with Crippen molar-refractivity contribution in [1.82, 2.24) is 0 Å². The second-order valence-electron chi connectivity index (χ2n) is 4.80. The lowest BCUT2D eigenvalue weighted by atomic mass is 10.1. The van der Waals surface area contributed by atoms with Gasteiger partial charge < -0.3 is 4.74 Å². The fraction of sp³-hybridized carbons (Fsp3) is 0.462. The van der Waals surface area contributed by atoms with Crippen LogP contribution in [0.1, 0.15) is 18.9 Å². The van der Waals surface area contributed by atoms with E-state index in [0.29, 0.717) is 6.42 Å². The van der Waals surface area contributed by atoms with E-state index in [1.807, 2.05) is 13.8 Å². The smallest absolute Gasteiger partial charge is 0.306 e. The molecular formula is C13H16O4S. The van der Waals surface area contributed by atoms with E-state index in [0.717, 1.165) is 5.56 Å². The fourth-order valence-electron chi connectivity index (χ4n) is 1.98. The van der Waals surface area contributed by atoms with Crippen LogP contribution in [0.4, 0.5) is 0 Å². The van der Waals surface area contributed by atoms with Crippen molar-refractivity contribution in [2.24, 2.45) is 5.92 Å². The molecule has 1 aromatic carbocycles. The molecule has 0 saturated carbocycles. The molecule has 1 saturated heterocycles. The predicted molar refractivity (Wildman–Crippen MR) is 66.9 cm³/mol. The minimum absolute atomic E-state index is 0.0438. The molecule has 0 unspecified atom stereocenters. The average Bonchev–Trinajstić information content (AvgIpc) is 2.57. The van der Waals surface area contributed by atoms with E-state index >= 15 is 0 Å². The Morgan fingerprint density at radius 2 is 1.89 bits per heavy atom. The zero-order valence-electron chi connectivity index (χ0n) is 10.4. The highest BCUT2D eigenvalue weighted by Crippen LogP contribution is 2.25. The van der Waals surface area contributed by atoms with Crippen LogP contribution >= 0.6 is 0 Å². The van der Waals surface area contributed by atoms with Gasteiger partial charge in [-0.1, -0.05) is 24.6 Å². The minimum atomic E-state index is -3.39. The Hall–Kier alpha value is -1.36. The number of hydrogen-bond acceptors (Lipinski definition) is 4. The maximum Gasteiger partial charge on any atom is 0.306 e. The van der Waals surface area contributed by atoms with E-state index in [2.05, 4.69) is 0 Å². The van der Waals surface area contributed by atoms with Crippen LogP contribution in [0.3, 0.4) is 0 Å². The molecule has 2 rings (SSSR count). The lowest BCUT2D eigenvalue weighted by Gasteiger charge is -2.14. The third-order valence-corrected chi connectivity index (χ3v) is 4.93. The van der Waals surface area contributed by atoms with Crippen LogP contribution < -0.4 is 0 Å². The monoisotopic (exact) mass is 268 g/mol. The summed E-state index contributed by atoms with van der Waals surface area (Å²) in [4.78, 5) is 11.4. The van der Waals surface area contributed by atoms with Gasteiger partial charge in [0.05, 0.1) is 17.1 Å². The van der Waals surface area contributed by atoms with E-state index in [-0.39, 0.29) is 22.5 Å². The molecule has 0 spiro atoms. The SMILES string of the molecule is Cc1ccc(S(=O)(=O)C[C@H]2OC(=O)C[C@@H]2C)cc1. The topological polar surface area (TPSA) is 60.4 Å². The van der Waals surface area contributed by atoms with Gasteiger partial charge in [-0.25, -0.2) is 8.42 Å². The maximum absolute atomic E-state index is 12.2. The van der Waals surface area contributed by atoms with Crippen molar-refractivity contribution in [2.75, 3.05) is 5.75 Å². The van der Waals surface area contributed by atoms with Crippen LogP contribution in [0.5, 0.6) is 0 Å². The molecule has 0 aliphatic carbocycles. The first kappa shape index (κ1) is 13.1. The zero-order valence-corrected chi connectivity index (χ0v) is 11.2. The Balaban J connectivity index is 2.17. The molecular weight excluding hydrogens is 252 g/mol. The van der Waals surface area contributed by atoms with Crippen LogP contribution in [0.15, 0.2) is 29.2 Å². The summed E-state index contributed by atoms with van der Waals surface area (Å²) in [5, 5.41) is 0. The number of carbonyl (C=O) groups is 1. The van der Waals surface area contributed by atoms with E-state index < -0.39 is 15.9 Å². The van der Waals surface area contributed by atoms with Crippen molar-refractivity contribution in [3.63, 3.8) is 0 Å². The summed E-state index contributed by atoms with van der Waals surface area (Å²) in [7, 11) is -3.39. The number of aryl methyl sites for hydroxylation is 1. The number of rotatable bonds is 3. The quantitative estimate of drug-likeness (QED) is 0.783. The maximum atomic E-state index is 12.2. The molecule has 0 aromatic heterocycles. The van der Waals surface area contributed by atoms with Gasteiger partial charge in [-0.05, 0) is 19.1 Å². The summed E-state index contributed by atoms with van der Waals surface area (Å²) in [5.41, 5.74) is 1.01. The number of benzene rings is 1. The highest BCUT2D eigenvalue weighted by atomic mass is 32.2. The van der Waals surface area contributed by atoms with Gasteiger partial charge in [-0.3, -0.25) is 4.79 Å². The Kier molecular flexibility index (Phi) is 3.43. The Morgan fingerprint density at radius 1 is 1.28 bits per heavy atom. The molecule has 1 heterocycles. The van der Waals surface area contributed by atoms with Gasteiger partial charge >= 0.3 is 5.97 Å². The van der Waals surface area contributed by atoms with E-state index in [1.54, 1.807) is 24.3 Å². The number of hydrogen-bond donors (Lipinski definition) is 0. The Bertz CT molecular complexity index is 545. The van der Waals surface area contributed by atoms with Crippen LogP contribution in [0, 0.1) is 12.8 Å². The number of esters is 1. The van der Waals surface area contributed by atoms with Crippen LogP contribution in [-0.2, 0) is 19.4 Å². The van der Waals surface area contributed by atoms with Gasteiger partial charge in [-0.15, -0.1) is 0 Å². The van der Waals surface area contributed by atoms with Gasteiger partial charge in [0.25, 0.3) is 0 Å². The van der Waals surface area contributed by atoms with Crippen molar-refractivity contribution in [3.05, 3.63) is 29.8 Å². The number of cyclic esters (lactones) is 1. The van der Waals surface area contributed by atoms with Crippen molar-refractivity contribution in [1.29, 1.82) is 0 Å². The van der Waals surface area contributed by atoms with Gasteiger partial charge in [0.2, 0.25) is 0 Å². The molecule has 2 atom stereocenters. The molecule has 1 aliphatic rings. The summed E-state index contributed by atoms with van der Waals surface area (Å²) in [5.74, 6) is -0.493. The molecule has 0 bridgehead atoms. The lowest BCUT2D eigenvalue weighted by Crippen LogP contribution is -2.25. The second-order valence-corrected chi connectivity index (χ2v) is 6.84. The number of carbonyl (C=O) groups excluding carboxylic acids is 1. The zero-order chi connectivity index (χ0) is 13.3. The summed E-state index contributed by atoms with van der Waals surface area (Å²) >= 11 is 0. The first-order valence-corrected chi connectivity index (χ1v) is 7.52. The van der Waals surface area contributed by atoms with Gasteiger partial charge in [0.15, 0.2) is 9.84 Å². The minimum Gasteiger partial charge on any atom is -0.461 e. The average molecular weight is 268 g/mol. The fourth-order valence-corrected chi connectivity index (χ4v) is 3.56. The third-order valence-electron chi connectivity index (χ3n) is 3.17. The second kappa shape index (κ2) is 4.72. The molecule has 1 fully saturated rings. The van der Waals surface area contributed by atoms with Crippen molar-refractivity contribution in [2.45, 2.75) is 31.3 Å². The molecule has 4 nitrogen and oxygen atoms in total. The molecule has 1 aliphatic heterocycles. The van der Waals surface area contributed by atoms with Crippen molar-refractivity contribution >= 4 is 15.8 Å². The van der Waals surface area contributed by atoms with E-state index in [9.17, 15) is 13.2 Å². The van der Waals surface area contributed by atoms with Crippen molar-refractivity contribution < 1.29 is 17.9 Å². The highest BCUT2D eigenvalue weighted by molar-refractivity contribution is 7.91. The predicted octanol–water partition coefficient (Wildman–Crippen LogP) is 1.72. The molecule has 18 heavy (non-hydrogen) atoms. The summed E-state index contributed by atoms with van der Waals surface area (Å²) in [6.07, 6.45) is -0.225. The van der Waals surface area contributed by atoms with E-state index in [1.165, 1.54) is 0 Å². The van der Waals surface area contributed by atoms with Gasteiger partial charge in [-0.2, -0.15) is 0 Å². The molecule has 5 heteroatoms. The van der Waals surface area contributed by atoms with Crippen LogP contribution in [-0.4, -0.2) is 26.2 Å². The van der Waals surface area contributed by atoms with Gasteiger partial charge in [0.1, 0.15) is 6.10 Å².